The molecular formula is C22H33F3O. The molecular weight excluding hydrogens is 337 g/mol. The van der Waals surface area contributed by atoms with E-state index in [1.807, 2.05) is 0 Å². The summed E-state index contributed by atoms with van der Waals surface area (Å²) in [4.78, 5) is 0. The van der Waals surface area contributed by atoms with Gasteiger partial charge in [0.1, 0.15) is 0 Å². The van der Waals surface area contributed by atoms with Crippen molar-refractivity contribution in [3.05, 3.63) is 11.6 Å². The van der Waals surface area contributed by atoms with Crippen LogP contribution in [0.5, 0.6) is 0 Å². The summed E-state index contributed by atoms with van der Waals surface area (Å²) in [5.74, 6) is 1.91. The number of halogens is 3. The summed E-state index contributed by atoms with van der Waals surface area (Å²) in [6.45, 7) is 6.85. The van der Waals surface area contributed by atoms with E-state index in [-0.39, 0.29) is 24.2 Å². The van der Waals surface area contributed by atoms with Crippen molar-refractivity contribution in [3.8, 4) is 0 Å². The first-order valence-corrected chi connectivity index (χ1v) is 10.5. The average molecular weight is 370 g/mol. The molecule has 4 fully saturated rings. The molecule has 0 aromatic heterocycles. The van der Waals surface area contributed by atoms with E-state index in [1.165, 1.54) is 19.3 Å². The molecule has 4 aliphatic rings. The number of hydrogen-bond acceptors (Lipinski definition) is 1. The van der Waals surface area contributed by atoms with Crippen LogP contribution in [-0.2, 0) is 0 Å². The van der Waals surface area contributed by atoms with Gasteiger partial charge in [0, 0.05) is 0 Å². The predicted molar refractivity (Wildman–Crippen MR) is 96.5 cm³/mol. The topological polar surface area (TPSA) is 20.2 Å². The van der Waals surface area contributed by atoms with Crippen LogP contribution in [0.4, 0.5) is 13.2 Å². The lowest BCUT2D eigenvalue weighted by molar-refractivity contribution is -0.289. The fraction of sp³-hybridized carbons (Fsp3) is 0.909. The molecule has 1 nitrogen and oxygen atoms in total. The van der Waals surface area contributed by atoms with Gasteiger partial charge in [0.25, 0.3) is 0 Å². The van der Waals surface area contributed by atoms with Gasteiger partial charge >= 0.3 is 6.18 Å². The Kier molecular flexibility index (Phi) is 4.16. The molecule has 4 aliphatic carbocycles. The van der Waals surface area contributed by atoms with E-state index in [4.69, 9.17) is 0 Å². The third-order valence-corrected chi connectivity index (χ3v) is 9.45. The summed E-state index contributed by atoms with van der Waals surface area (Å²) in [5, 5.41) is 10.3. The zero-order valence-corrected chi connectivity index (χ0v) is 16.3. The number of alkyl halides is 3. The van der Waals surface area contributed by atoms with E-state index in [0.29, 0.717) is 29.6 Å². The van der Waals surface area contributed by atoms with Crippen LogP contribution in [0, 0.1) is 34.5 Å². The van der Waals surface area contributed by atoms with Crippen LogP contribution in [0.2, 0.25) is 0 Å². The molecule has 26 heavy (non-hydrogen) atoms. The molecule has 0 aromatic rings. The maximum Gasteiger partial charge on any atom is 0.417 e. The minimum absolute atomic E-state index is 0.0103. The van der Waals surface area contributed by atoms with Crippen LogP contribution in [0.3, 0.4) is 0 Å². The molecule has 0 saturated heterocycles. The molecule has 0 heterocycles. The van der Waals surface area contributed by atoms with Crippen molar-refractivity contribution in [3.63, 3.8) is 0 Å². The lowest BCUT2D eigenvalue weighted by Gasteiger charge is -2.61. The SMILES string of the molecule is C/C=C1/CC[C@H]2[C@@H]3CC[C@@H]4C[C@@](O)(C(F)(F)F)CC[C@]4(C)[C@H]3CC[C@]12C. The summed E-state index contributed by atoms with van der Waals surface area (Å²) >= 11 is 0. The van der Waals surface area contributed by atoms with Gasteiger partial charge in [0.2, 0.25) is 0 Å². The van der Waals surface area contributed by atoms with Gasteiger partial charge in [0.05, 0.1) is 0 Å². The van der Waals surface area contributed by atoms with Gasteiger partial charge < -0.3 is 5.11 Å². The highest BCUT2D eigenvalue weighted by Gasteiger charge is 2.64. The molecule has 0 spiro atoms. The molecule has 4 saturated carbocycles. The second-order valence-corrected chi connectivity index (χ2v) is 10.2. The number of aliphatic hydroxyl groups is 1. The summed E-state index contributed by atoms with van der Waals surface area (Å²) in [7, 11) is 0. The van der Waals surface area contributed by atoms with Gasteiger partial charge in [-0.1, -0.05) is 25.5 Å². The van der Waals surface area contributed by atoms with E-state index in [2.05, 4.69) is 26.8 Å². The van der Waals surface area contributed by atoms with Crippen molar-refractivity contribution >= 4 is 0 Å². The van der Waals surface area contributed by atoms with Gasteiger partial charge in [-0.15, -0.1) is 0 Å². The molecule has 0 aliphatic heterocycles. The molecule has 0 aromatic carbocycles. The zero-order valence-electron chi connectivity index (χ0n) is 16.3. The van der Waals surface area contributed by atoms with E-state index in [0.717, 1.165) is 19.3 Å². The molecule has 0 unspecified atom stereocenters. The highest BCUT2D eigenvalue weighted by atomic mass is 19.4. The summed E-state index contributed by atoms with van der Waals surface area (Å²) in [5.41, 5.74) is -0.553. The first-order valence-electron chi connectivity index (χ1n) is 10.5. The first kappa shape index (κ1) is 18.8. The molecule has 4 rings (SSSR count). The lowest BCUT2D eigenvalue weighted by Crippen LogP contribution is -2.58. The maximum atomic E-state index is 13.4. The molecule has 0 bridgehead atoms. The third-order valence-electron chi connectivity index (χ3n) is 9.45. The van der Waals surface area contributed by atoms with Crippen LogP contribution >= 0.6 is 0 Å². The van der Waals surface area contributed by atoms with Crippen molar-refractivity contribution in [1.82, 2.24) is 0 Å². The second-order valence-electron chi connectivity index (χ2n) is 10.2. The average Bonchev–Trinajstić information content (AvgIpc) is 2.91. The van der Waals surface area contributed by atoms with Crippen molar-refractivity contribution in [2.75, 3.05) is 0 Å². The van der Waals surface area contributed by atoms with Gasteiger partial charge in [-0.25, -0.2) is 0 Å². The van der Waals surface area contributed by atoms with Gasteiger partial charge in [-0.3, -0.25) is 0 Å². The molecule has 148 valence electrons. The third kappa shape index (κ3) is 2.39. The monoisotopic (exact) mass is 370 g/mol. The Hall–Kier alpha value is -0.510. The summed E-state index contributed by atoms with van der Waals surface area (Å²) in [6.07, 6.45) is 4.84. The van der Waals surface area contributed by atoms with Crippen molar-refractivity contribution in [1.29, 1.82) is 0 Å². The van der Waals surface area contributed by atoms with Crippen LogP contribution < -0.4 is 0 Å². The molecule has 7 atom stereocenters. The summed E-state index contributed by atoms with van der Waals surface area (Å²) < 4.78 is 40.2. The van der Waals surface area contributed by atoms with Gasteiger partial charge in [-0.05, 0) is 99.2 Å². The first-order chi connectivity index (χ1) is 12.1. The van der Waals surface area contributed by atoms with Crippen molar-refractivity contribution < 1.29 is 18.3 Å². The van der Waals surface area contributed by atoms with E-state index in [1.54, 1.807) is 5.57 Å². The second kappa shape index (κ2) is 5.75. The van der Waals surface area contributed by atoms with Crippen molar-refractivity contribution in [2.45, 2.75) is 90.3 Å². The van der Waals surface area contributed by atoms with Crippen LogP contribution in [-0.4, -0.2) is 16.9 Å². The Bertz CT molecular complexity index is 611. The maximum absolute atomic E-state index is 13.4. The fourth-order valence-corrected chi connectivity index (χ4v) is 7.82. The highest BCUT2D eigenvalue weighted by Crippen LogP contribution is 2.68. The Labute approximate surface area is 155 Å². The Morgan fingerprint density at radius 2 is 1.73 bits per heavy atom. The highest BCUT2D eigenvalue weighted by molar-refractivity contribution is 5.23. The Morgan fingerprint density at radius 3 is 2.38 bits per heavy atom. The largest absolute Gasteiger partial charge is 0.417 e. The van der Waals surface area contributed by atoms with E-state index >= 15 is 0 Å². The normalized spacial score (nSPS) is 53.1. The fourth-order valence-electron chi connectivity index (χ4n) is 7.82. The molecule has 1 N–H and O–H groups in total. The number of rotatable bonds is 0. The smallest absolute Gasteiger partial charge is 0.380 e. The number of fused-ring (bicyclic) bond motifs is 5. The predicted octanol–water partition coefficient (Wildman–Crippen LogP) is 6.27. The van der Waals surface area contributed by atoms with Gasteiger partial charge in [-0.2, -0.15) is 13.2 Å². The van der Waals surface area contributed by atoms with Crippen LogP contribution in [0.1, 0.15) is 78.6 Å². The quantitative estimate of drug-likeness (QED) is 0.498. The van der Waals surface area contributed by atoms with Crippen LogP contribution in [0.25, 0.3) is 0 Å². The number of allylic oxidation sites excluding steroid dienone is 2. The van der Waals surface area contributed by atoms with Crippen molar-refractivity contribution in [2.24, 2.45) is 34.5 Å². The lowest BCUT2D eigenvalue weighted by atomic mass is 9.44. The van der Waals surface area contributed by atoms with Gasteiger partial charge in [0.15, 0.2) is 5.60 Å². The van der Waals surface area contributed by atoms with Crippen LogP contribution in [0.15, 0.2) is 11.6 Å². The standard InChI is InChI=1S/C22H33F3O/c1-4-14-6-8-17-16-7-5-15-13-21(26,22(23,24)25)12-11-20(15,3)18(16)9-10-19(14,17)2/h4,15-18,26H,5-13H2,1-3H3/b14-4-/t15-,16+,17+,18+,19-,20+,21-/m1/s1. The zero-order chi connectivity index (χ0) is 19.0. The Morgan fingerprint density at radius 1 is 1.00 bits per heavy atom. The molecule has 0 radical (unpaired) electrons. The molecule has 0 amide bonds. The minimum Gasteiger partial charge on any atom is -0.380 e. The minimum atomic E-state index is -4.50. The summed E-state index contributed by atoms with van der Waals surface area (Å²) in [6, 6.07) is 0. The Balaban J connectivity index is 1.60. The number of hydrogen-bond donors (Lipinski definition) is 1. The van der Waals surface area contributed by atoms with E-state index in [9.17, 15) is 18.3 Å². The molecule has 4 heteroatoms. The van der Waals surface area contributed by atoms with E-state index < -0.39 is 11.8 Å².